The average Bonchev–Trinajstić information content (AvgIpc) is 2.65. The predicted molar refractivity (Wildman–Crippen MR) is 72.1 cm³/mol. The molecule has 1 atom stereocenters. The Morgan fingerprint density at radius 3 is 3.00 bits per heavy atom. The number of nitrogens with one attached hydrogen (secondary N) is 1. The van der Waals surface area contributed by atoms with Crippen molar-refractivity contribution in [3.05, 3.63) is 0 Å². The molecule has 15 heavy (non-hydrogen) atoms. The minimum atomic E-state index is 0.243. The molecule has 0 aliphatic carbocycles. The molecule has 2 aliphatic heterocycles. The Morgan fingerprint density at radius 1 is 1.47 bits per heavy atom. The first kappa shape index (κ1) is 11.6. The Bertz CT molecular complexity index is 245. The van der Waals surface area contributed by atoms with E-state index in [1.54, 1.807) is 0 Å². The lowest BCUT2D eigenvalue weighted by Crippen LogP contribution is -2.46. The lowest BCUT2D eigenvalue weighted by atomic mass is 10.0. The number of aliphatic imine (C=N–C) groups is 1. The van der Waals surface area contributed by atoms with Gasteiger partial charge in [-0.2, -0.15) is 11.8 Å². The first-order valence-corrected chi connectivity index (χ1v) is 7.76. The van der Waals surface area contributed by atoms with Crippen molar-refractivity contribution in [1.29, 1.82) is 0 Å². The summed E-state index contributed by atoms with van der Waals surface area (Å²) in [5, 5.41) is 5.47. The van der Waals surface area contributed by atoms with Crippen LogP contribution in [0.15, 0.2) is 4.99 Å². The van der Waals surface area contributed by atoms with Crippen LogP contribution in [-0.4, -0.2) is 34.0 Å². The maximum absolute atomic E-state index is 4.71. The Balaban J connectivity index is 1.83. The maximum Gasteiger partial charge on any atom is 0.156 e. The minimum absolute atomic E-state index is 0.243. The van der Waals surface area contributed by atoms with Crippen LogP contribution in [-0.2, 0) is 0 Å². The van der Waals surface area contributed by atoms with Crippen LogP contribution in [0.5, 0.6) is 0 Å². The molecule has 2 heterocycles. The van der Waals surface area contributed by atoms with E-state index in [4.69, 9.17) is 4.99 Å². The Kier molecular flexibility index (Phi) is 3.88. The van der Waals surface area contributed by atoms with Crippen LogP contribution in [0.2, 0.25) is 0 Å². The van der Waals surface area contributed by atoms with Crippen LogP contribution in [0, 0.1) is 0 Å². The highest BCUT2D eigenvalue weighted by molar-refractivity contribution is 8.13. The fourth-order valence-electron chi connectivity index (χ4n) is 1.85. The second-order valence-corrected chi connectivity index (χ2v) is 7.38. The SMILES string of the molecule is CC1(C)CCSC(=NCC2CCCS2)N1. The summed E-state index contributed by atoms with van der Waals surface area (Å²) in [6, 6.07) is 0. The Labute approximate surface area is 101 Å². The summed E-state index contributed by atoms with van der Waals surface area (Å²) in [4.78, 5) is 4.71. The third kappa shape index (κ3) is 3.59. The molecule has 0 aromatic heterocycles. The topological polar surface area (TPSA) is 24.4 Å². The lowest BCUT2D eigenvalue weighted by Gasteiger charge is -2.32. The van der Waals surface area contributed by atoms with Crippen molar-refractivity contribution >= 4 is 28.7 Å². The standard InChI is InChI=1S/C11H20N2S2/c1-11(2)5-7-15-10(13-11)12-8-9-4-3-6-14-9/h9H,3-8H2,1-2H3,(H,12,13). The third-order valence-corrected chi connectivity index (χ3v) is 5.17. The molecule has 0 aromatic rings. The van der Waals surface area contributed by atoms with Crippen molar-refractivity contribution in [3.63, 3.8) is 0 Å². The van der Waals surface area contributed by atoms with Crippen LogP contribution >= 0.6 is 23.5 Å². The molecule has 0 spiro atoms. The van der Waals surface area contributed by atoms with Gasteiger partial charge in [-0.05, 0) is 38.9 Å². The van der Waals surface area contributed by atoms with Crippen LogP contribution < -0.4 is 5.32 Å². The highest BCUT2D eigenvalue weighted by atomic mass is 32.2. The number of thioether (sulfide) groups is 2. The first-order chi connectivity index (χ1) is 7.16. The predicted octanol–water partition coefficient (Wildman–Crippen LogP) is 2.74. The van der Waals surface area contributed by atoms with Gasteiger partial charge in [0.25, 0.3) is 0 Å². The van der Waals surface area contributed by atoms with Gasteiger partial charge in [0.1, 0.15) is 0 Å². The zero-order valence-corrected chi connectivity index (χ0v) is 11.2. The van der Waals surface area contributed by atoms with Crippen LogP contribution in [0.25, 0.3) is 0 Å². The molecule has 0 aromatic carbocycles. The average molecular weight is 244 g/mol. The van der Waals surface area contributed by atoms with Crippen molar-refractivity contribution in [1.82, 2.24) is 5.32 Å². The smallest absolute Gasteiger partial charge is 0.156 e. The Morgan fingerprint density at radius 2 is 2.33 bits per heavy atom. The van der Waals surface area contributed by atoms with Crippen LogP contribution in [0.4, 0.5) is 0 Å². The molecule has 1 unspecified atom stereocenters. The van der Waals surface area contributed by atoms with Gasteiger partial charge in [-0.15, -0.1) is 0 Å². The molecular formula is C11H20N2S2. The van der Waals surface area contributed by atoms with Gasteiger partial charge >= 0.3 is 0 Å². The monoisotopic (exact) mass is 244 g/mol. The molecule has 2 nitrogen and oxygen atoms in total. The second kappa shape index (κ2) is 5.00. The van der Waals surface area contributed by atoms with E-state index in [0.29, 0.717) is 0 Å². The molecule has 2 aliphatic rings. The lowest BCUT2D eigenvalue weighted by molar-refractivity contribution is 0.446. The van der Waals surface area contributed by atoms with Gasteiger partial charge < -0.3 is 5.32 Å². The zero-order valence-electron chi connectivity index (χ0n) is 9.58. The summed E-state index contributed by atoms with van der Waals surface area (Å²) >= 11 is 3.97. The molecule has 86 valence electrons. The summed E-state index contributed by atoms with van der Waals surface area (Å²) in [6.07, 6.45) is 3.97. The first-order valence-electron chi connectivity index (χ1n) is 5.73. The Hall–Kier alpha value is 0.170. The molecule has 2 fully saturated rings. The summed E-state index contributed by atoms with van der Waals surface area (Å²) in [5.74, 6) is 2.54. The maximum atomic E-state index is 4.71. The van der Waals surface area contributed by atoms with E-state index in [2.05, 4.69) is 30.9 Å². The van der Waals surface area contributed by atoms with E-state index in [1.807, 2.05) is 11.8 Å². The quantitative estimate of drug-likeness (QED) is 0.808. The van der Waals surface area contributed by atoms with Crippen molar-refractivity contribution in [2.24, 2.45) is 4.99 Å². The highest BCUT2D eigenvalue weighted by Gasteiger charge is 2.24. The number of hydrogen-bond donors (Lipinski definition) is 1. The fourth-order valence-corrected chi connectivity index (χ4v) is 4.35. The zero-order chi connectivity index (χ0) is 10.7. The van der Waals surface area contributed by atoms with Gasteiger partial charge in [0.15, 0.2) is 5.17 Å². The second-order valence-electron chi connectivity index (χ2n) is 4.89. The molecule has 2 saturated heterocycles. The van der Waals surface area contributed by atoms with E-state index in [9.17, 15) is 0 Å². The molecule has 0 amide bonds. The summed E-state index contributed by atoms with van der Waals surface area (Å²) < 4.78 is 0. The van der Waals surface area contributed by atoms with Crippen molar-refractivity contribution < 1.29 is 0 Å². The van der Waals surface area contributed by atoms with Gasteiger partial charge in [0.05, 0.1) is 6.54 Å². The summed E-state index contributed by atoms with van der Waals surface area (Å²) in [6.45, 7) is 5.52. The molecule has 4 heteroatoms. The summed E-state index contributed by atoms with van der Waals surface area (Å²) in [5.41, 5.74) is 0.243. The van der Waals surface area contributed by atoms with Gasteiger partial charge in [0.2, 0.25) is 0 Å². The van der Waals surface area contributed by atoms with Gasteiger partial charge in [-0.3, -0.25) is 4.99 Å². The third-order valence-electron chi connectivity index (χ3n) is 2.87. The molecule has 1 N–H and O–H groups in total. The fraction of sp³-hybridized carbons (Fsp3) is 0.909. The number of amidine groups is 1. The van der Waals surface area contributed by atoms with E-state index < -0.39 is 0 Å². The van der Waals surface area contributed by atoms with E-state index >= 15 is 0 Å². The number of nitrogens with zero attached hydrogens (tertiary/aromatic N) is 1. The van der Waals surface area contributed by atoms with E-state index in [1.165, 1.54) is 35.9 Å². The summed E-state index contributed by atoms with van der Waals surface area (Å²) in [7, 11) is 0. The normalized spacial score (nSPS) is 32.9. The highest BCUT2D eigenvalue weighted by Crippen LogP contribution is 2.27. The van der Waals surface area contributed by atoms with Gasteiger partial charge in [-0.25, -0.2) is 0 Å². The van der Waals surface area contributed by atoms with Gasteiger partial charge in [0, 0.05) is 16.5 Å². The molecular weight excluding hydrogens is 224 g/mol. The van der Waals surface area contributed by atoms with Crippen LogP contribution in [0.3, 0.4) is 0 Å². The van der Waals surface area contributed by atoms with Gasteiger partial charge in [-0.1, -0.05) is 11.8 Å². The van der Waals surface area contributed by atoms with Crippen molar-refractivity contribution in [2.75, 3.05) is 18.1 Å². The largest absolute Gasteiger partial charge is 0.360 e. The van der Waals surface area contributed by atoms with Crippen molar-refractivity contribution in [2.45, 2.75) is 43.9 Å². The molecule has 0 saturated carbocycles. The molecule has 0 radical (unpaired) electrons. The minimum Gasteiger partial charge on any atom is -0.360 e. The van der Waals surface area contributed by atoms with Crippen LogP contribution in [0.1, 0.15) is 33.1 Å². The molecule has 2 rings (SSSR count). The molecule has 0 bridgehead atoms. The van der Waals surface area contributed by atoms with E-state index in [-0.39, 0.29) is 5.54 Å². The number of hydrogen-bond acceptors (Lipinski definition) is 3. The number of rotatable bonds is 2. The van der Waals surface area contributed by atoms with E-state index in [0.717, 1.165) is 11.8 Å². The van der Waals surface area contributed by atoms with Crippen molar-refractivity contribution in [3.8, 4) is 0 Å².